The van der Waals surface area contributed by atoms with Gasteiger partial charge in [-0.2, -0.15) is 0 Å². The third kappa shape index (κ3) is 3.09. The minimum Gasteiger partial charge on any atom is -0.506 e. The molecule has 1 amide bonds. The van der Waals surface area contributed by atoms with Crippen molar-refractivity contribution >= 4 is 11.6 Å². The highest BCUT2D eigenvalue weighted by Crippen LogP contribution is 2.22. The predicted molar refractivity (Wildman–Crippen MR) is 79.5 cm³/mol. The van der Waals surface area contributed by atoms with Gasteiger partial charge in [0.15, 0.2) is 0 Å². The molecular weight excluding hydrogens is 252 g/mol. The average Bonchev–Trinajstić information content (AvgIpc) is 2.48. The van der Waals surface area contributed by atoms with Crippen LogP contribution < -0.4 is 11.1 Å². The van der Waals surface area contributed by atoms with Gasteiger partial charge in [-0.25, -0.2) is 0 Å². The SMILES string of the molecule is CCC(NC(=O)c1ccc(N)c(O)c1)c1ccccc1. The Balaban J connectivity index is 2.15. The minimum absolute atomic E-state index is 0.0524. The molecule has 104 valence electrons. The van der Waals surface area contributed by atoms with E-state index in [0.717, 1.165) is 12.0 Å². The van der Waals surface area contributed by atoms with Crippen molar-refractivity contribution in [3.05, 3.63) is 59.7 Å². The first-order chi connectivity index (χ1) is 9.61. The van der Waals surface area contributed by atoms with Gasteiger partial charge >= 0.3 is 0 Å². The van der Waals surface area contributed by atoms with Crippen LogP contribution in [0.4, 0.5) is 5.69 Å². The molecule has 0 aliphatic rings. The van der Waals surface area contributed by atoms with Crippen LogP contribution in [0.5, 0.6) is 5.75 Å². The van der Waals surface area contributed by atoms with E-state index in [0.29, 0.717) is 5.56 Å². The number of hydrogen-bond donors (Lipinski definition) is 3. The molecule has 20 heavy (non-hydrogen) atoms. The summed E-state index contributed by atoms with van der Waals surface area (Å²) in [6.07, 6.45) is 0.788. The van der Waals surface area contributed by atoms with E-state index in [1.54, 1.807) is 6.07 Å². The number of carbonyl (C=O) groups is 1. The Morgan fingerprint density at radius 1 is 1.25 bits per heavy atom. The topological polar surface area (TPSA) is 75.4 Å². The van der Waals surface area contributed by atoms with Gasteiger partial charge in [0.1, 0.15) is 5.75 Å². The second-order valence-electron chi connectivity index (χ2n) is 4.62. The largest absolute Gasteiger partial charge is 0.506 e. The predicted octanol–water partition coefficient (Wildman–Crippen LogP) is 2.86. The maximum absolute atomic E-state index is 12.2. The van der Waals surface area contributed by atoms with E-state index in [1.807, 2.05) is 37.3 Å². The molecule has 0 heterocycles. The van der Waals surface area contributed by atoms with Gasteiger partial charge in [-0.15, -0.1) is 0 Å². The normalized spacial score (nSPS) is 11.8. The Kier molecular flexibility index (Phi) is 4.25. The summed E-state index contributed by atoms with van der Waals surface area (Å²) in [4.78, 5) is 12.2. The standard InChI is InChI=1S/C16H18N2O2/c1-2-14(11-6-4-3-5-7-11)18-16(20)12-8-9-13(17)15(19)10-12/h3-10,14,19H,2,17H2,1H3,(H,18,20). The van der Waals surface area contributed by atoms with E-state index in [1.165, 1.54) is 12.1 Å². The molecule has 0 saturated heterocycles. The Morgan fingerprint density at radius 3 is 2.55 bits per heavy atom. The van der Waals surface area contributed by atoms with Gasteiger partial charge in [-0.05, 0) is 30.2 Å². The number of phenols is 1. The van der Waals surface area contributed by atoms with Crippen LogP contribution in [0.15, 0.2) is 48.5 Å². The van der Waals surface area contributed by atoms with Crippen molar-refractivity contribution in [3.63, 3.8) is 0 Å². The van der Waals surface area contributed by atoms with Crippen molar-refractivity contribution in [1.82, 2.24) is 5.32 Å². The zero-order valence-electron chi connectivity index (χ0n) is 11.3. The third-order valence-electron chi connectivity index (χ3n) is 3.21. The third-order valence-corrected chi connectivity index (χ3v) is 3.21. The van der Waals surface area contributed by atoms with Crippen LogP contribution in [-0.2, 0) is 0 Å². The summed E-state index contributed by atoms with van der Waals surface area (Å²) in [5.74, 6) is -0.304. The van der Waals surface area contributed by atoms with E-state index in [-0.39, 0.29) is 23.4 Å². The lowest BCUT2D eigenvalue weighted by Gasteiger charge is -2.17. The molecule has 0 spiro atoms. The summed E-state index contributed by atoms with van der Waals surface area (Å²) in [7, 11) is 0. The molecule has 2 aromatic carbocycles. The molecule has 2 aromatic rings. The van der Waals surface area contributed by atoms with Crippen molar-refractivity contribution in [1.29, 1.82) is 0 Å². The molecule has 0 saturated carbocycles. The summed E-state index contributed by atoms with van der Waals surface area (Å²) in [6.45, 7) is 2.01. The molecule has 4 nitrogen and oxygen atoms in total. The number of nitrogens with two attached hydrogens (primary N) is 1. The van der Waals surface area contributed by atoms with Crippen LogP contribution in [-0.4, -0.2) is 11.0 Å². The van der Waals surface area contributed by atoms with Gasteiger partial charge in [-0.3, -0.25) is 4.79 Å². The summed E-state index contributed by atoms with van der Waals surface area (Å²) in [6, 6.07) is 14.2. The molecule has 4 heteroatoms. The van der Waals surface area contributed by atoms with Crippen LogP contribution in [0.25, 0.3) is 0 Å². The zero-order valence-corrected chi connectivity index (χ0v) is 11.3. The van der Waals surface area contributed by atoms with Crippen LogP contribution in [0, 0.1) is 0 Å². The number of rotatable bonds is 4. The second-order valence-corrected chi connectivity index (χ2v) is 4.62. The Bertz CT molecular complexity index is 597. The maximum Gasteiger partial charge on any atom is 0.251 e. The maximum atomic E-state index is 12.2. The van der Waals surface area contributed by atoms with Gasteiger partial charge in [0.05, 0.1) is 11.7 Å². The molecule has 2 rings (SSSR count). The number of nitrogens with one attached hydrogen (secondary N) is 1. The molecular formula is C16H18N2O2. The van der Waals surface area contributed by atoms with Crippen molar-refractivity contribution in [2.24, 2.45) is 0 Å². The molecule has 0 aliphatic carbocycles. The van der Waals surface area contributed by atoms with Crippen molar-refractivity contribution in [2.45, 2.75) is 19.4 Å². The first kappa shape index (κ1) is 13.9. The van der Waals surface area contributed by atoms with Gasteiger partial charge in [0.25, 0.3) is 5.91 Å². The molecule has 0 aromatic heterocycles. The molecule has 0 bridgehead atoms. The fourth-order valence-electron chi connectivity index (χ4n) is 2.03. The highest BCUT2D eigenvalue weighted by atomic mass is 16.3. The first-order valence-corrected chi connectivity index (χ1v) is 6.56. The molecule has 0 radical (unpaired) electrons. The summed E-state index contributed by atoms with van der Waals surface area (Å²) >= 11 is 0. The number of benzene rings is 2. The van der Waals surface area contributed by atoms with Crippen LogP contribution in [0.3, 0.4) is 0 Å². The van der Waals surface area contributed by atoms with E-state index in [9.17, 15) is 9.90 Å². The molecule has 0 fully saturated rings. The van der Waals surface area contributed by atoms with Gasteiger partial charge in [0, 0.05) is 5.56 Å². The molecule has 1 atom stereocenters. The number of anilines is 1. The Labute approximate surface area is 118 Å². The number of carbonyl (C=O) groups excluding carboxylic acids is 1. The quantitative estimate of drug-likeness (QED) is 0.590. The second kappa shape index (κ2) is 6.10. The summed E-state index contributed by atoms with van der Waals surface area (Å²) in [5.41, 5.74) is 7.24. The lowest BCUT2D eigenvalue weighted by atomic mass is 10.0. The number of hydrogen-bond acceptors (Lipinski definition) is 3. The monoisotopic (exact) mass is 270 g/mol. The van der Waals surface area contributed by atoms with Crippen LogP contribution >= 0.6 is 0 Å². The zero-order chi connectivity index (χ0) is 14.5. The highest BCUT2D eigenvalue weighted by Gasteiger charge is 2.14. The van der Waals surface area contributed by atoms with Crippen molar-refractivity contribution < 1.29 is 9.90 Å². The molecule has 4 N–H and O–H groups in total. The summed E-state index contributed by atoms with van der Waals surface area (Å²) in [5, 5.41) is 12.5. The van der Waals surface area contributed by atoms with Crippen molar-refractivity contribution in [2.75, 3.05) is 5.73 Å². The highest BCUT2D eigenvalue weighted by molar-refractivity contribution is 5.95. The van der Waals surface area contributed by atoms with Gasteiger partial charge in [-0.1, -0.05) is 37.3 Å². The van der Waals surface area contributed by atoms with Crippen LogP contribution in [0.2, 0.25) is 0 Å². The average molecular weight is 270 g/mol. The van der Waals surface area contributed by atoms with E-state index < -0.39 is 0 Å². The minimum atomic E-state index is -0.226. The number of aromatic hydroxyl groups is 1. The van der Waals surface area contributed by atoms with Crippen molar-refractivity contribution in [3.8, 4) is 5.75 Å². The smallest absolute Gasteiger partial charge is 0.251 e. The lowest BCUT2D eigenvalue weighted by Crippen LogP contribution is -2.28. The van der Waals surface area contributed by atoms with E-state index in [4.69, 9.17) is 5.73 Å². The number of phenolic OH excluding ortho intramolecular Hbond substituents is 1. The fraction of sp³-hybridized carbons (Fsp3) is 0.188. The molecule has 0 aliphatic heterocycles. The lowest BCUT2D eigenvalue weighted by molar-refractivity contribution is 0.0935. The number of nitrogen functional groups attached to an aromatic ring is 1. The van der Waals surface area contributed by atoms with E-state index >= 15 is 0 Å². The van der Waals surface area contributed by atoms with Crippen LogP contribution in [0.1, 0.15) is 35.3 Å². The molecule has 1 unspecified atom stereocenters. The Morgan fingerprint density at radius 2 is 1.95 bits per heavy atom. The van der Waals surface area contributed by atoms with Gasteiger partial charge < -0.3 is 16.2 Å². The Hall–Kier alpha value is -2.49. The first-order valence-electron chi connectivity index (χ1n) is 6.56. The van der Waals surface area contributed by atoms with Gasteiger partial charge in [0.2, 0.25) is 0 Å². The van der Waals surface area contributed by atoms with E-state index in [2.05, 4.69) is 5.32 Å². The number of amides is 1. The fourth-order valence-corrected chi connectivity index (χ4v) is 2.03. The summed E-state index contributed by atoms with van der Waals surface area (Å²) < 4.78 is 0.